The monoisotopic (exact) mass is 275 g/mol. The average molecular weight is 275 g/mol. The van der Waals surface area contributed by atoms with Crippen molar-refractivity contribution < 1.29 is 0 Å². The van der Waals surface area contributed by atoms with E-state index in [1.54, 1.807) is 0 Å². The summed E-state index contributed by atoms with van der Waals surface area (Å²) in [6.07, 6.45) is 2.31. The molecule has 3 nitrogen and oxygen atoms in total. The van der Waals surface area contributed by atoms with Gasteiger partial charge in [0.25, 0.3) is 0 Å². The van der Waals surface area contributed by atoms with Gasteiger partial charge in [-0.1, -0.05) is 44.2 Å². The normalized spacial score (nSPS) is 11.0. The lowest BCUT2D eigenvalue weighted by Crippen LogP contribution is -1.93. The minimum atomic E-state index is 0.354. The van der Waals surface area contributed by atoms with Gasteiger partial charge in [-0.05, 0) is 23.6 Å². The molecule has 0 fully saturated rings. The molecule has 0 saturated carbocycles. The second-order valence-corrected chi connectivity index (χ2v) is 5.45. The first kappa shape index (κ1) is 13.4. The van der Waals surface area contributed by atoms with Gasteiger partial charge in [-0.15, -0.1) is 0 Å². The predicted octanol–water partition coefficient (Wildman–Crippen LogP) is 4.19. The Kier molecular flexibility index (Phi) is 3.45. The molecule has 3 heteroatoms. The van der Waals surface area contributed by atoms with E-state index in [1.165, 1.54) is 5.56 Å². The molecule has 0 aliphatic rings. The first-order valence-corrected chi connectivity index (χ1v) is 7.14. The van der Waals surface area contributed by atoms with Crippen LogP contribution in [-0.2, 0) is 6.42 Å². The molecule has 0 N–H and O–H groups in total. The van der Waals surface area contributed by atoms with Gasteiger partial charge in [0.2, 0.25) is 0 Å². The number of pyridine rings is 1. The van der Waals surface area contributed by atoms with E-state index < -0.39 is 0 Å². The number of rotatable bonds is 3. The minimum Gasteiger partial charge on any atom is -0.302 e. The van der Waals surface area contributed by atoms with Crippen molar-refractivity contribution in [1.82, 2.24) is 9.38 Å². The van der Waals surface area contributed by atoms with Crippen LogP contribution in [0.4, 0.5) is 0 Å². The van der Waals surface area contributed by atoms with Gasteiger partial charge in [0, 0.05) is 11.8 Å². The molecule has 21 heavy (non-hydrogen) atoms. The zero-order valence-corrected chi connectivity index (χ0v) is 12.2. The third-order valence-corrected chi connectivity index (χ3v) is 3.73. The van der Waals surface area contributed by atoms with Gasteiger partial charge in [-0.25, -0.2) is 4.98 Å². The van der Waals surface area contributed by atoms with E-state index in [2.05, 4.69) is 49.2 Å². The Labute approximate surface area is 124 Å². The fraction of sp³-hybridized carbons (Fsp3) is 0.222. The average Bonchev–Trinajstić information content (AvgIpc) is 2.87. The largest absolute Gasteiger partial charge is 0.302 e. The molecular weight excluding hydrogens is 258 g/mol. The lowest BCUT2D eigenvalue weighted by atomic mass is 10.00. The number of nitrogens with zero attached hydrogens (tertiary/aromatic N) is 3. The van der Waals surface area contributed by atoms with Crippen LogP contribution >= 0.6 is 0 Å². The third kappa shape index (κ3) is 2.41. The van der Waals surface area contributed by atoms with E-state index in [1.807, 2.05) is 28.8 Å². The molecule has 3 aromatic rings. The molecule has 104 valence electrons. The molecule has 0 aliphatic heterocycles. The molecule has 0 amide bonds. The van der Waals surface area contributed by atoms with Gasteiger partial charge >= 0.3 is 0 Å². The maximum atomic E-state index is 9.09. The number of fused-ring (bicyclic) bond motifs is 1. The van der Waals surface area contributed by atoms with Crippen molar-refractivity contribution >= 4 is 5.65 Å². The molecule has 0 saturated heterocycles. The summed E-state index contributed by atoms with van der Waals surface area (Å²) in [5.74, 6) is 0.513. The van der Waals surface area contributed by atoms with Crippen LogP contribution in [0.1, 0.15) is 31.0 Å². The Balaban J connectivity index is 2.15. The Bertz CT molecular complexity index is 805. The molecule has 3 rings (SSSR count). The van der Waals surface area contributed by atoms with Gasteiger partial charge in [0.05, 0.1) is 23.9 Å². The molecule has 0 bridgehead atoms. The molecule has 2 aromatic heterocycles. The van der Waals surface area contributed by atoms with E-state index in [-0.39, 0.29) is 0 Å². The molecule has 0 spiro atoms. The fourth-order valence-corrected chi connectivity index (χ4v) is 2.55. The topological polar surface area (TPSA) is 41.1 Å². The highest BCUT2D eigenvalue weighted by Crippen LogP contribution is 2.26. The summed E-state index contributed by atoms with van der Waals surface area (Å²) in [6.45, 7) is 4.36. The van der Waals surface area contributed by atoms with Gasteiger partial charge in [0.15, 0.2) is 0 Å². The molecule has 2 heterocycles. The maximum absolute atomic E-state index is 9.09. The highest BCUT2D eigenvalue weighted by Gasteiger charge is 2.13. The molecule has 0 unspecified atom stereocenters. The highest BCUT2D eigenvalue weighted by molar-refractivity contribution is 5.67. The first-order valence-electron chi connectivity index (χ1n) is 7.14. The second kappa shape index (κ2) is 5.41. The second-order valence-electron chi connectivity index (χ2n) is 5.45. The zero-order valence-electron chi connectivity index (χ0n) is 12.2. The predicted molar refractivity (Wildman–Crippen MR) is 84.0 cm³/mol. The fourth-order valence-electron chi connectivity index (χ4n) is 2.55. The van der Waals surface area contributed by atoms with Crippen LogP contribution in [0, 0.1) is 11.3 Å². The minimum absolute atomic E-state index is 0.354. The van der Waals surface area contributed by atoms with Gasteiger partial charge in [0.1, 0.15) is 5.65 Å². The van der Waals surface area contributed by atoms with E-state index in [0.717, 1.165) is 22.6 Å². The van der Waals surface area contributed by atoms with Gasteiger partial charge < -0.3 is 4.40 Å². The van der Waals surface area contributed by atoms with Crippen LogP contribution in [0.3, 0.4) is 0 Å². The summed E-state index contributed by atoms with van der Waals surface area (Å²) in [5, 5.41) is 9.09. The van der Waals surface area contributed by atoms with Crippen LogP contribution in [-0.4, -0.2) is 9.38 Å². The smallest absolute Gasteiger partial charge is 0.137 e. The zero-order chi connectivity index (χ0) is 14.8. The summed E-state index contributed by atoms with van der Waals surface area (Å²) in [7, 11) is 0. The molecule has 1 aromatic carbocycles. The lowest BCUT2D eigenvalue weighted by Gasteiger charge is -2.06. The standard InChI is InChI=1S/C18H17N3/c1-13(2)14-6-8-15(9-7-14)18-16(10-11-19)21-12-4-3-5-17(21)20-18/h3-9,12-13H,10H2,1-2H3. The number of hydrogen-bond donors (Lipinski definition) is 0. The third-order valence-electron chi connectivity index (χ3n) is 3.73. The van der Waals surface area contributed by atoms with Crippen LogP contribution in [0.15, 0.2) is 48.7 Å². The molecule has 0 radical (unpaired) electrons. The SMILES string of the molecule is CC(C)c1ccc(-c2nc3ccccn3c2CC#N)cc1. The number of benzene rings is 1. The Morgan fingerprint density at radius 3 is 2.57 bits per heavy atom. The number of hydrogen-bond acceptors (Lipinski definition) is 2. The number of nitriles is 1. The lowest BCUT2D eigenvalue weighted by molar-refractivity contribution is 0.867. The van der Waals surface area contributed by atoms with Crippen molar-refractivity contribution in [3.8, 4) is 17.3 Å². The van der Waals surface area contributed by atoms with Gasteiger partial charge in [-0.2, -0.15) is 5.26 Å². The Morgan fingerprint density at radius 1 is 1.14 bits per heavy atom. The van der Waals surface area contributed by atoms with Crippen LogP contribution in [0.5, 0.6) is 0 Å². The summed E-state index contributed by atoms with van der Waals surface area (Å²) in [5.41, 5.74) is 5.10. The summed E-state index contributed by atoms with van der Waals surface area (Å²) in [6, 6.07) is 16.6. The number of aromatic nitrogens is 2. The van der Waals surface area contributed by atoms with Crippen molar-refractivity contribution in [3.63, 3.8) is 0 Å². The summed E-state index contributed by atoms with van der Waals surface area (Å²) < 4.78 is 1.99. The van der Waals surface area contributed by atoms with E-state index in [4.69, 9.17) is 5.26 Å². The quantitative estimate of drug-likeness (QED) is 0.719. The van der Waals surface area contributed by atoms with Crippen molar-refractivity contribution in [2.75, 3.05) is 0 Å². The maximum Gasteiger partial charge on any atom is 0.137 e. The highest BCUT2D eigenvalue weighted by atomic mass is 15.0. The van der Waals surface area contributed by atoms with E-state index in [9.17, 15) is 0 Å². The molecule has 0 atom stereocenters. The van der Waals surface area contributed by atoms with Gasteiger partial charge in [-0.3, -0.25) is 0 Å². The van der Waals surface area contributed by atoms with E-state index in [0.29, 0.717) is 12.3 Å². The van der Waals surface area contributed by atoms with Crippen molar-refractivity contribution in [1.29, 1.82) is 5.26 Å². The van der Waals surface area contributed by atoms with Crippen molar-refractivity contribution in [2.24, 2.45) is 0 Å². The summed E-state index contributed by atoms with van der Waals surface area (Å²) in [4.78, 5) is 4.69. The Morgan fingerprint density at radius 2 is 1.90 bits per heavy atom. The summed E-state index contributed by atoms with van der Waals surface area (Å²) >= 11 is 0. The molecule has 0 aliphatic carbocycles. The first-order chi connectivity index (χ1) is 10.2. The molecular formula is C18H17N3. The van der Waals surface area contributed by atoms with Crippen LogP contribution < -0.4 is 0 Å². The van der Waals surface area contributed by atoms with Crippen LogP contribution in [0.2, 0.25) is 0 Å². The number of imidazole rings is 1. The van der Waals surface area contributed by atoms with Crippen LogP contribution in [0.25, 0.3) is 16.9 Å². The van der Waals surface area contributed by atoms with Crippen molar-refractivity contribution in [2.45, 2.75) is 26.2 Å². The van der Waals surface area contributed by atoms with Crippen molar-refractivity contribution in [3.05, 3.63) is 59.9 Å². The van der Waals surface area contributed by atoms with E-state index >= 15 is 0 Å². The Hall–Kier alpha value is -2.60.